The van der Waals surface area contributed by atoms with E-state index in [1.54, 1.807) is 12.1 Å². The van der Waals surface area contributed by atoms with Crippen molar-refractivity contribution in [3.05, 3.63) is 29.8 Å². The molecule has 1 aromatic carbocycles. The van der Waals surface area contributed by atoms with Crippen molar-refractivity contribution in [2.75, 3.05) is 19.6 Å². The van der Waals surface area contributed by atoms with Crippen LogP contribution in [0.4, 0.5) is 0 Å². The van der Waals surface area contributed by atoms with Gasteiger partial charge in [-0.25, -0.2) is 0 Å². The molecule has 1 saturated heterocycles. The van der Waals surface area contributed by atoms with Gasteiger partial charge in [0.15, 0.2) is 0 Å². The zero-order chi connectivity index (χ0) is 13.3. The SMILES string of the molecule is CC1(C2CC2)CN(Cc2ccc(O)cc2)CCCN1. The number of phenols is 1. The molecule has 3 heteroatoms. The monoisotopic (exact) mass is 260 g/mol. The fraction of sp³-hybridized carbons (Fsp3) is 0.625. The molecule has 1 unspecified atom stereocenters. The molecule has 0 radical (unpaired) electrons. The van der Waals surface area contributed by atoms with Crippen LogP contribution in [0.15, 0.2) is 24.3 Å². The molecule has 0 aromatic heterocycles. The first-order chi connectivity index (χ1) is 9.16. The largest absolute Gasteiger partial charge is 0.508 e. The van der Waals surface area contributed by atoms with E-state index in [2.05, 4.69) is 17.1 Å². The van der Waals surface area contributed by atoms with Gasteiger partial charge in [0.1, 0.15) is 5.75 Å². The summed E-state index contributed by atoms with van der Waals surface area (Å²) in [6.07, 6.45) is 3.99. The maximum Gasteiger partial charge on any atom is 0.115 e. The van der Waals surface area contributed by atoms with Gasteiger partial charge in [0.25, 0.3) is 0 Å². The molecule has 1 atom stereocenters. The van der Waals surface area contributed by atoms with Crippen molar-refractivity contribution in [3.8, 4) is 5.75 Å². The first-order valence-electron chi connectivity index (χ1n) is 7.41. The van der Waals surface area contributed by atoms with Crippen LogP contribution >= 0.6 is 0 Å². The summed E-state index contributed by atoms with van der Waals surface area (Å²) in [5.41, 5.74) is 1.59. The highest BCUT2D eigenvalue weighted by atomic mass is 16.3. The molecule has 2 N–H and O–H groups in total. The van der Waals surface area contributed by atoms with Gasteiger partial charge < -0.3 is 10.4 Å². The third-order valence-corrected chi connectivity index (χ3v) is 4.55. The minimum atomic E-state index is 0.299. The van der Waals surface area contributed by atoms with Gasteiger partial charge >= 0.3 is 0 Å². The lowest BCUT2D eigenvalue weighted by molar-refractivity contribution is 0.195. The van der Waals surface area contributed by atoms with Crippen LogP contribution in [0.1, 0.15) is 31.7 Å². The Morgan fingerprint density at radius 3 is 2.74 bits per heavy atom. The molecule has 2 fully saturated rings. The van der Waals surface area contributed by atoms with Crippen molar-refractivity contribution in [3.63, 3.8) is 0 Å². The molecule has 0 bridgehead atoms. The summed E-state index contributed by atoms with van der Waals surface area (Å²) in [5, 5.41) is 13.1. The molecule has 104 valence electrons. The number of rotatable bonds is 3. The summed E-state index contributed by atoms with van der Waals surface area (Å²) < 4.78 is 0. The normalized spacial score (nSPS) is 29.1. The van der Waals surface area contributed by atoms with E-state index >= 15 is 0 Å². The summed E-state index contributed by atoms with van der Waals surface area (Å²) in [6, 6.07) is 7.63. The first-order valence-corrected chi connectivity index (χ1v) is 7.41. The Kier molecular flexibility index (Phi) is 3.50. The summed E-state index contributed by atoms with van der Waals surface area (Å²) >= 11 is 0. The number of benzene rings is 1. The predicted molar refractivity (Wildman–Crippen MR) is 77.1 cm³/mol. The van der Waals surface area contributed by atoms with Crippen LogP contribution in [0.25, 0.3) is 0 Å². The number of nitrogens with zero attached hydrogens (tertiary/aromatic N) is 1. The molecule has 0 spiro atoms. The molecule has 19 heavy (non-hydrogen) atoms. The fourth-order valence-corrected chi connectivity index (χ4v) is 3.26. The van der Waals surface area contributed by atoms with Gasteiger partial charge in [0, 0.05) is 18.6 Å². The van der Waals surface area contributed by atoms with Gasteiger partial charge in [-0.2, -0.15) is 0 Å². The molecular weight excluding hydrogens is 236 g/mol. The molecule has 1 saturated carbocycles. The fourth-order valence-electron chi connectivity index (χ4n) is 3.26. The zero-order valence-electron chi connectivity index (χ0n) is 11.7. The van der Waals surface area contributed by atoms with E-state index in [0.29, 0.717) is 11.3 Å². The van der Waals surface area contributed by atoms with E-state index in [1.807, 2.05) is 12.1 Å². The Morgan fingerprint density at radius 1 is 1.32 bits per heavy atom. The lowest BCUT2D eigenvalue weighted by atomic mass is 9.95. The van der Waals surface area contributed by atoms with Crippen molar-refractivity contribution in [2.24, 2.45) is 5.92 Å². The first kappa shape index (κ1) is 12.9. The van der Waals surface area contributed by atoms with Crippen LogP contribution in [-0.2, 0) is 6.54 Å². The highest BCUT2D eigenvalue weighted by Gasteiger charge is 2.42. The molecule has 1 aliphatic heterocycles. The summed E-state index contributed by atoms with van der Waals surface area (Å²) in [4.78, 5) is 2.56. The van der Waals surface area contributed by atoms with Gasteiger partial charge in [-0.15, -0.1) is 0 Å². The predicted octanol–water partition coefficient (Wildman–Crippen LogP) is 2.36. The van der Waals surface area contributed by atoms with E-state index < -0.39 is 0 Å². The van der Waals surface area contributed by atoms with Crippen molar-refractivity contribution < 1.29 is 5.11 Å². The molecular formula is C16H24N2O. The van der Waals surface area contributed by atoms with E-state index in [0.717, 1.165) is 32.1 Å². The highest BCUT2D eigenvalue weighted by Crippen LogP contribution is 2.40. The topological polar surface area (TPSA) is 35.5 Å². The Balaban J connectivity index is 1.67. The Bertz CT molecular complexity index is 427. The minimum Gasteiger partial charge on any atom is -0.508 e. The third-order valence-electron chi connectivity index (χ3n) is 4.55. The number of aromatic hydroxyl groups is 1. The minimum absolute atomic E-state index is 0.299. The van der Waals surface area contributed by atoms with Gasteiger partial charge in [-0.1, -0.05) is 12.1 Å². The van der Waals surface area contributed by atoms with Gasteiger partial charge in [0.2, 0.25) is 0 Å². The quantitative estimate of drug-likeness (QED) is 0.876. The van der Waals surface area contributed by atoms with Crippen molar-refractivity contribution in [1.82, 2.24) is 10.2 Å². The molecule has 0 amide bonds. The number of phenolic OH excluding ortho intramolecular Hbond substituents is 1. The standard InChI is InChI=1S/C16H24N2O/c1-16(14-5-6-14)12-18(10-2-9-17-16)11-13-3-7-15(19)8-4-13/h3-4,7-8,14,17,19H,2,5-6,9-12H2,1H3. The van der Waals surface area contributed by atoms with E-state index in [9.17, 15) is 5.11 Å². The average molecular weight is 260 g/mol. The van der Waals surface area contributed by atoms with Crippen LogP contribution in [0.5, 0.6) is 5.75 Å². The van der Waals surface area contributed by atoms with Crippen LogP contribution in [0.2, 0.25) is 0 Å². The molecule has 3 rings (SSSR count). The number of hydrogen-bond donors (Lipinski definition) is 2. The maximum absolute atomic E-state index is 9.35. The third kappa shape index (κ3) is 3.10. The smallest absolute Gasteiger partial charge is 0.115 e. The maximum atomic E-state index is 9.35. The lowest BCUT2D eigenvalue weighted by Crippen LogP contribution is -2.50. The molecule has 3 nitrogen and oxygen atoms in total. The van der Waals surface area contributed by atoms with Crippen LogP contribution in [-0.4, -0.2) is 35.2 Å². The Labute approximate surface area is 115 Å². The van der Waals surface area contributed by atoms with Crippen molar-refractivity contribution in [2.45, 2.75) is 38.3 Å². The van der Waals surface area contributed by atoms with Crippen LogP contribution in [0.3, 0.4) is 0 Å². The summed E-state index contributed by atoms with van der Waals surface area (Å²) in [6.45, 7) is 6.82. The van der Waals surface area contributed by atoms with Crippen molar-refractivity contribution in [1.29, 1.82) is 0 Å². The summed E-state index contributed by atoms with van der Waals surface area (Å²) in [7, 11) is 0. The second-order valence-corrected chi connectivity index (χ2v) is 6.35. The van der Waals surface area contributed by atoms with Gasteiger partial charge in [-0.05, 0) is 62.9 Å². The highest BCUT2D eigenvalue weighted by molar-refractivity contribution is 5.25. The second-order valence-electron chi connectivity index (χ2n) is 6.35. The Morgan fingerprint density at radius 2 is 2.05 bits per heavy atom. The van der Waals surface area contributed by atoms with Crippen LogP contribution < -0.4 is 5.32 Å². The van der Waals surface area contributed by atoms with E-state index in [4.69, 9.17) is 0 Å². The Hall–Kier alpha value is -1.06. The van der Waals surface area contributed by atoms with Crippen molar-refractivity contribution >= 4 is 0 Å². The zero-order valence-corrected chi connectivity index (χ0v) is 11.7. The molecule has 1 heterocycles. The molecule has 1 aromatic rings. The van der Waals surface area contributed by atoms with Gasteiger partial charge in [-0.3, -0.25) is 4.90 Å². The van der Waals surface area contributed by atoms with E-state index in [1.165, 1.54) is 24.8 Å². The second kappa shape index (κ2) is 5.14. The number of nitrogens with one attached hydrogen (secondary N) is 1. The van der Waals surface area contributed by atoms with Crippen LogP contribution in [0, 0.1) is 5.92 Å². The lowest BCUT2D eigenvalue weighted by Gasteiger charge is -2.34. The number of hydrogen-bond acceptors (Lipinski definition) is 3. The van der Waals surface area contributed by atoms with E-state index in [-0.39, 0.29) is 0 Å². The summed E-state index contributed by atoms with van der Waals surface area (Å²) in [5.74, 6) is 1.22. The van der Waals surface area contributed by atoms with Gasteiger partial charge in [0.05, 0.1) is 0 Å². The molecule has 2 aliphatic rings. The average Bonchev–Trinajstić information content (AvgIpc) is 3.20. The molecule has 1 aliphatic carbocycles.